The van der Waals surface area contributed by atoms with Crippen LogP contribution in [0.5, 0.6) is 0 Å². The van der Waals surface area contributed by atoms with Crippen LogP contribution in [0.2, 0.25) is 0 Å². The maximum Gasteiger partial charge on any atom is 0.508 e. The van der Waals surface area contributed by atoms with Crippen LogP contribution in [0.3, 0.4) is 0 Å². The molecule has 6 atom stereocenters. The predicted octanol–water partition coefficient (Wildman–Crippen LogP) is 0.809. The van der Waals surface area contributed by atoms with Gasteiger partial charge in [-0.2, -0.15) is 0 Å². The van der Waals surface area contributed by atoms with E-state index in [2.05, 4.69) is 0 Å². The summed E-state index contributed by atoms with van der Waals surface area (Å²) in [5.74, 6) is -2.81. The Morgan fingerprint density at radius 3 is 2.64 bits per heavy atom. The molecule has 1 saturated carbocycles. The second-order valence-corrected chi connectivity index (χ2v) is 8.08. The highest BCUT2D eigenvalue weighted by molar-refractivity contribution is 5.86. The molecule has 3 heterocycles. The number of carbonyl (C=O) groups excluding carboxylic acids is 3. The summed E-state index contributed by atoms with van der Waals surface area (Å²) in [7, 11) is 0. The van der Waals surface area contributed by atoms with Crippen molar-refractivity contribution >= 4 is 18.1 Å². The largest absolute Gasteiger partial charge is 0.508 e. The highest BCUT2D eigenvalue weighted by atomic mass is 16.7. The fraction of sp³-hybridized carbons (Fsp3) is 0.737. The van der Waals surface area contributed by atoms with Gasteiger partial charge in [-0.1, -0.05) is 12.2 Å². The van der Waals surface area contributed by atoms with Crippen LogP contribution in [0.1, 0.15) is 13.3 Å². The van der Waals surface area contributed by atoms with E-state index >= 15 is 0 Å². The van der Waals surface area contributed by atoms with Gasteiger partial charge in [0.2, 0.25) is 0 Å². The SMILES string of the molecule is CCOC(=O)[C@@H]1C=C[C@H]2C3(COCOC3)[C@H]3C[C@H](OC(=O)O3)[C@@]23COC(=O)[C@@H]13. The van der Waals surface area contributed by atoms with Crippen LogP contribution in [0.25, 0.3) is 0 Å². The number of rotatable bonds is 2. The highest BCUT2D eigenvalue weighted by Gasteiger charge is 2.74. The van der Waals surface area contributed by atoms with Gasteiger partial charge in [0.15, 0.2) is 0 Å². The Labute approximate surface area is 161 Å². The molecule has 0 amide bonds. The summed E-state index contributed by atoms with van der Waals surface area (Å²) >= 11 is 0. The van der Waals surface area contributed by atoms with Crippen LogP contribution in [-0.2, 0) is 38.0 Å². The first-order valence-corrected chi connectivity index (χ1v) is 9.57. The number of ether oxygens (including phenoxy) is 6. The van der Waals surface area contributed by atoms with E-state index in [0.29, 0.717) is 19.6 Å². The van der Waals surface area contributed by atoms with Crippen LogP contribution < -0.4 is 0 Å². The highest BCUT2D eigenvalue weighted by Crippen LogP contribution is 2.64. The lowest BCUT2D eigenvalue weighted by atomic mass is 9.46. The van der Waals surface area contributed by atoms with E-state index in [1.54, 1.807) is 13.0 Å². The maximum atomic E-state index is 12.8. The number of hydrogen-bond donors (Lipinski definition) is 0. The molecule has 2 aliphatic carbocycles. The van der Waals surface area contributed by atoms with Crippen LogP contribution in [0.15, 0.2) is 12.2 Å². The molecule has 9 heteroatoms. The monoisotopic (exact) mass is 394 g/mol. The van der Waals surface area contributed by atoms with Crippen molar-refractivity contribution in [1.29, 1.82) is 0 Å². The Morgan fingerprint density at radius 2 is 1.89 bits per heavy atom. The lowest BCUT2D eigenvalue weighted by Crippen LogP contribution is -2.71. The Kier molecular flexibility index (Phi) is 3.96. The molecule has 0 radical (unpaired) electrons. The number of cyclic esters (lactones) is 1. The van der Waals surface area contributed by atoms with Gasteiger partial charge < -0.3 is 28.4 Å². The first-order valence-electron chi connectivity index (χ1n) is 9.57. The molecule has 152 valence electrons. The molecule has 5 aliphatic rings. The van der Waals surface area contributed by atoms with E-state index in [0.717, 1.165) is 0 Å². The summed E-state index contributed by atoms with van der Waals surface area (Å²) in [4.78, 5) is 37.6. The number of fused-ring (bicyclic) bond motifs is 4. The summed E-state index contributed by atoms with van der Waals surface area (Å²) in [6.07, 6.45) is 2.19. The first-order chi connectivity index (χ1) is 13.5. The second kappa shape index (κ2) is 6.18. The molecule has 9 nitrogen and oxygen atoms in total. The minimum absolute atomic E-state index is 0.0633. The van der Waals surface area contributed by atoms with Crippen molar-refractivity contribution in [2.24, 2.45) is 28.6 Å². The van der Waals surface area contributed by atoms with Gasteiger partial charge >= 0.3 is 18.1 Å². The van der Waals surface area contributed by atoms with E-state index in [9.17, 15) is 14.4 Å². The number of carbonyl (C=O) groups is 3. The van der Waals surface area contributed by atoms with Crippen molar-refractivity contribution in [3.8, 4) is 0 Å². The molecule has 28 heavy (non-hydrogen) atoms. The smallest absolute Gasteiger partial charge is 0.466 e. The Hall–Kier alpha value is -2.13. The fourth-order valence-electron chi connectivity index (χ4n) is 5.92. The van der Waals surface area contributed by atoms with Crippen molar-refractivity contribution in [2.45, 2.75) is 25.6 Å². The van der Waals surface area contributed by atoms with E-state index in [1.807, 2.05) is 6.08 Å². The van der Waals surface area contributed by atoms with Gasteiger partial charge in [-0.3, -0.25) is 9.59 Å². The zero-order valence-electron chi connectivity index (χ0n) is 15.5. The molecular weight excluding hydrogens is 372 g/mol. The summed E-state index contributed by atoms with van der Waals surface area (Å²) in [5.41, 5.74) is -1.56. The topological polar surface area (TPSA) is 107 Å². The van der Waals surface area contributed by atoms with E-state index in [1.165, 1.54) is 0 Å². The summed E-state index contributed by atoms with van der Waals surface area (Å²) < 4.78 is 33.0. The van der Waals surface area contributed by atoms with Gasteiger partial charge in [-0.05, 0) is 6.92 Å². The van der Waals surface area contributed by atoms with Gasteiger partial charge in [0.05, 0.1) is 42.5 Å². The van der Waals surface area contributed by atoms with Crippen molar-refractivity contribution < 1.29 is 42.8 Å². The third-order valence-corrected chi connectivity index (χ3v) is 6.98. The normalized spacial score (nSPS) is 42.7. The summed E-state index contributed by atoms with van der Waals surface area (Å²) in [6.45, 7) is 2.79. The van der Waals surface area contributed by atoms with Gasteiger partial charge in [0.1, 0.15) is 25.6 Å². The first kappa shape index (κ1) is 17.9. The Morgan fingerprint density at radius 1 is 1.14 bits per heavy atom. The van der Waals surface area contributed by atoms with Gasteiger partial charge in [-0.25, -0.2) is 4.79 Å². The third kappa shape index (κ3) is 2.17. The Balaban J connectivity index is 1.66. The molecule has 0 unspecified atom stereocenters. The minimum Gasteiger partial charge on any atom is -0.466 e. The van der Waals surface area contributed by atoms with Gasteiger partial charge in [0, 0.05) is 12.3 Å². The molecule has 0 aromatic rings. The fourth-order valence-corrected chi connectivity index (χ4v) is 5.92. The van der Waals surface area contributed by atoms with E-state index in [-0.39, 0.29) is 25.9 Å². The van der Waals surface area contributed by atoms with Crippen molar-refractivity contribution in [3.63, 3.8) is 0 Å². The lowest BCUT2D eigenvalue weighted by Gasteiger charge is -2.61. The molecule has 0 N–H and O–H groups in total. The van der Waals surface area contributed by atoms with E-state index < -0.39 is 53.0 Å². The van der Waals surface area contributed by atoms with Crippen molar-refractivity contribution in [2.75, 3.05) is 33.2 Å². The zero-order valence-corrected chi connectivity index (χ0v) is 15.5. The molecule has 4 fully saturated rings. The average molecular weight is 394 g/mol. The van der Waals surface area contributed by atoms with Crippen LogP contribution in [-0.4, -0.2) is 63.5 Å². The average Bonchev–Trinajstić information content (AvgIpc) is 3.05. The predicted molar refractivity (Wildman–Crippen MR) is 88.6 cm³/mol. The summed E-state index contributed by atoms with van der Waals surface area (Å²) in [6, 6.07) is 0. The number of esters is 2. The molecule has 0 aromatic carbocycles. The molecule has 3 aliphatic heterocycles. The molecule has 3 saturated heterocycles. The second-order valence-electron chi connectivity index (χ2n) is 8.08. The molecule has 2 bridgehead atoms. The number of hydrogen-bond acceptors (Lipinski definition) is 9. The van der Waals surface area contributed by atoms with Crippen LogP contribution >= 0.6 is 0 Å². The quantitative estimate of drug-likeness (QED) is 0.382. The maximum absolute atomic E-state index is 12.8. The summed E-state index contributed by atoms with van der Waals surface area (Å²) in [5, 5.41) is 0. The lowest BCUT2D eigenvalue weighted by molar-refractivity contribution is -0.285. The van der Waals surface area contributed by atoms with Crippen molar-refractivity contribution in [3.05, 3.63) is 12.2 Å². The van der Waals surface area contributed by atoms with Gasteiger partial charge in [0.25, 0.3) is 0 Å². The van der Waals surface area contributed by atoms with E-state index in [4.69, 9.17) is 28.4 Å². The van der Waals surface area contributed by atoms with Gasteiger partial charge in [-0.15, -0.1) is 0 Å². The molecule has 0 aromatic heterocycles. The van der Waals surface area contributed by atoms with Crippen LogP contribution in [0, 0.1) is 28.6 Å². The van der Waals surface area contributed by atoms with Crippen LogP contribution in [0.4, 0.5) is 4.79 Å². The zero-order chi connectivity index (χ0) is 19.5. The molecule has 2 spiro atoms. The van der Waals surface area contributed by atoms with Crippen molar-refractivity contribution in [1.82, 2.24) is 0 Å². The number of allylic oxidation sites excluding steroid dienone is 1. The minimum atomic E-state index is -0.886. The molecule has 5 rings (SSSR count). The Bertz CT molecular complexity index is 740. The standard InChI is InChI=1S/C19H22O9/c1-2-25-15(20)10-3-4-11-18(6-23-9-24-7-18)12-5-13(28-17(22)27-12)19(11)8-26-16(21)14(10)19/h3-4,10-14H,2,5-9H2,1H3/t10-,11+,12-,13+,14-,19-/m1/s1. The molecular formula is C19H22O9. The third-order valence-electron chi connectivity index (χ3n) is 6.98.